The van der Waals surface area contributed by atoms with Gasteiger partial charge in [-0.05, 0) is 13.0 Å². The maximum Gasteiger partial charge on any atom is 0.226 e. The minimum Gasteiger partial charge on any atom is -0.387 e. The largest absolute Gasteiger partial charge is 0.387 e. The summed E-state index contributed by atoms with van der Waals surface area (Å²) in [4.78, 5) is 12.6. The maximum absolute atomic E-state index is 7.45. The van der Waals surface area contributed by atoms with E-state index < -0.39 is 0 Å². The molecule has 0 aliphatic rings. The van der Waals surface area contributed by atoms with Crippen LogP contribution < -0.4 is 15.5 Å². The summed E-state index contributed by atoms with van der Waals surface area (Å²) >= 11 is 0. The molecule has 1 aromatic rings. The van der Waals surface area contributed by atoms with Crippen molar-refractivity contribution in [2.45, 2.75) is 13.8 Å². The van der Waals surface area contributed by atoms with E-state index in [2.05, 4.69) is 21.8 Å². The van der Waals surface area contributed by atoms with Crippen molar-refractivity contribution in [3.63, 3.8) is 0 Å². The van der Waals surface area contributed by atoms with Gasteiger partial charge in [-0.15, -0.1) is 0 Å². The molecule has 0 spiro atoms. The number of nitrogens with two attached hydrogens (primary N) is 1. The molecular weight excluding hydrogens is 228 g/mol. The first kappa shape index (κ1) is 14.2. The lowest BCUT2D eigenvalue weighted by Gasteiger charge is -2.25. The highest BCUT2D eigenvalue weighted by Crippen LogP contribution is 2.14. The molecule has 0 fully saturated rings. The molecule has 1 rings (SSSR count). The van der Waals surface area contributed by atoms with Crippen LogP contribution in [0.5, 0.6) is 0 Å². The van der Waals surface area contributed by atoms with Gasteiger partial charge in [0.15, 0.2) is 0 Å². The molecule has 6 heteroatoms. The molecule has 0 amide bonds. The topological polar surface area (TPSA) is 82.1 Å². The SMILES string of the molecule is CCN(CC(C)C(=N)N)c1ccnc(N(C)C)n1. The van der Waals surface area contributed by atoms with E-state index in [9.17, 15) is 0 Å². The molecule has 0 saturated carbocycles. The first-order valence-corrected chi connectivity index (χ1v) is 6.05. The van der Waals surface area contributed by atoms with E-state index in [0.717, 1.165) is 12.4 Å². The van der Waals surface area contributed by atoms with E-state index in [1.807, 2.05) is 32.0 Å². The molecule has 0 aliphatic heterocycles. The van der Waals surface area contributed by atoms with Crippen LogP contribution in [0.3, 0.4) is 0 Å². The van der Waals surface area contributed by atoms with Gasteiger partial charge in [0.25, 0.3) is 0 Å². The summed E-state index contributed by atoms with van der Waals surface area (Å²) in [6.07, 6.45) is 1.75. The van der Waals surface area contributed by atoms with Crippen molar-refractivity contribution in [1.82, 2.24) is 9.97 Å². The summed E-state index contributed by atoms with van der Waals surface area (Å²) < 4.78 is 0. The van der Waals surface area contributed by atoms with Crippen molar-refractivity contribution in [2.75, 3.05) is 37.0 Å². The van der Waals surface area contributed by atoms with Gasteiger partial charge in [-0.2, -0.15) is 4.98 Å². The Labute approximate surface area is 108 Å². The molecule has 100 valence electrons. The fraction of sp³-hybridized carbons (Fsp3) is 0.583. The number of anilines is 2. The van der Waals surface area contributed by atoms with E-state index >= 15 is 0 Å². The molecule has 0 bridgehead atoms. The van der Waals surface area contributed by atoms with Crippen molar-refractivity contribution in [2.24, 2.45) is 11.7 Å². The minimum absolute atomic E-state index is 0.0164. The number of rotatable bonds is 6. The van der Waals surface area contributed by atoms with Crippen LogP contribution in [0.1, 0.15) is 13.8 Å². The van der Waals surface area contributed by atoms with Gasteiger partial charge in [0.1, 0.15) is 5.82 Å². The molecule has 0 radical (unpaired) electrons. The van der Waals surface area contributed by atoms with Gasteiger partial charge in [0, 0.05) is 39.3 Å². The third-order valence-corrected chi connectivity index (χ3v) is 2.76. The summed E-state index contributed by atoms with van der Waals surface area (Å²) in [7, 11) is 3.82. The predicted molar refractivity (Wildman–Crippen MR) is 75.3 cm³/mol. The smallest absolute Gasteiger partial charge is 0.226 e. The Hall–Kier alpha value is -1.85. The van der Waals surface area contributed by atoms with Crippen molar-refractivity contribution < 1.29 is 0 Å². The third kappa shape index (κ3) is 3.58. The molecule has 0 aromatic carbocycles. The molecule has 1 heterocycles. The Balaban J connectivity index is 2.88. The highest BCUT2D eigenvalue weighted by atomic mass is 15.3. The zero-order valence-corrected chi connectivity index (χ0v) is 11.5. The summed E-state index contributed by atoms with van der Waals surface area (Å²) in [5, 5.41) is 7.45. The van der Waals surface area contributed by atoms with Crippen LogP contribution in [0.25, 0.3) is 0 Å². The lowest BCUT2D eigenvalue weighted by molar-refractivity contribution is 0.689. The van der Waals surface area contributed by atoms with Crippen LogP contribution in [0.15, 0.2) is 12.3 Å². The second-order valence-corrected chi connectivity index (χ2v) is 4.50. The zero-order valence-electron chi connectivity index (χ0n) is 11.5. The standard InChI is InChI=1S/C12H22N6/c1-5-18(8-9(2)11(13)14)10-6-7-15-12(16-10)17(3)4/h6-7,9H,5,8H2,1-4H3,(H3,13,14). The lowest BCUT2D eigenvalue weighted by Crippen LogP contribution is -2.35. The van der Waals surface area contributed by atoms with Crippen LogP contribution in [0, 0.1) is 11.3 Å². The van der Waals surface area contributed by atoms with Crippen LogP contribution in [-0.2, 0) is 0 Å². The molecule has 0 saturated heterocycles. The van der Waals surface area contributed by atoms with E-state index in [-0.39, 0.29) is 11.8 Å². The first-order valence-electron chi connectivity index (χ1n) is 6.05. The maximum atomic E-state index is 7.45. The van der Waals surface area contributed by atoms with Crippen molar-refractivity contribution in [1.29, 1.82) is 5.41 Å². The fourth-order valence-electron chi connectivity index (χ4n) is 1.54. The van der Waals surface area contributed by atoms with Crippen LogP contribution in [0.2, 0.25) is 0 Å². The molecule has 1 atom stereocenters. The fourth-order valence-corrected chi connectivity index (χ4v) is 1.54. The molecule has 6 nitrogen and oxygen atoms in total. The number of hydrogen-bond donors (Lipinski definition) is 2. The predicted octanol–water partition coefficient (Wildman–Crippen LogP) is 0.941. The second-order valence-electron chi connectivity index (χ2n) is 4.50. The molecular formula is C12H22N6. The lowest BCUT2D eigenvalue weighted by atomic mass is 10.1. The third-order valence-electron chi connectivity index (χ3n) is 2.76. The second kappa shape index (κ2) is 6.18. The number of nitrogens with one attached hydrogen (secondary N) is 1. The highest BCUT2D eigenvalue weighted by Gasteiger charge is 2.13. The summed E-state index contributed by atoms with van der Waals surface area (Å²) in [6, 6.07) is 1.88. The average Bonchev–Trinajstić information content (AvgIpc) is 2.35. The first-order chi connectivity index (χ1) is 8.45. The van der Waals surface area contributed by atoms with Gasteiger partial charge in [0.2, 0.25) is 5.95 Å². The van der Waals surface area contributed by atoms with E-state index in [1.54, 1.807) is 6.20 Å². The number of aromatic nitrogens is 2. The number of nitrogens with zero attached hydrogens (tertiary/aromatic N) is 4. The van der Waals surface area contributed by atoms with E-state index in [1.165, 1.54) is 0 Å². The normalized spacial score (nSPS) is 12.0. The van der Waals surface area contributed by atoms with Crippen molar-refractivity contribution in [3.05, 3.63) is 12.3 Å². The monoisotopic (exact) mass is 250 g/mol. The molecule has 1 aromatic heterocycles. The Bertz CT molecular complexity index is 403. The molecule has 0 aliphatic carbocycles. The Morgan fingerprint density at radius 1 is 1.50 bits per heavy atom. The number of amidine groups is 1. The van der Waals surface area contributed by atoms with Gasteiger partial charge < -0.3 is 15.5 Å². The Kier molecular flexibility index (Phi) is 4.88. The van der Waals surface area contributed by atoms with Gasteiger partial charge in [-0.3, -0.25) is 5.41 Å². The zero-order chi connectivity index (χ0) is 13.7. The van der Waals surface area contributed by atoms with Crippen LogP contribution in [-0.4, -0.2) is 43.0 Å². The van der Waals surface area contributed by atoms with E-state index in [0.29, 0.717) is 12.5 Å². The van der Waals surface area contributed by atoms with Crippen LogP contribution in [0.4, 0.5) is 11.8 Å². The molecule has 18 heavy (non-hydrogen) atoms. The highest BCUT2D eigenvalue weighted by molar-refractivity contribution is 5.79. The Morgan fingerprint density at radius 2 is 2.17 bits per heavy atom. The minimum atomic E-state index is 0.0164. The van der Waals surface area contributed by atoms with Gasteiger partial charge in [0.05, 0.1) is 5.84 Å². The average molecular weight is 250 g/mol. The summed E-state index contributed by atoms with van der Waals surface area (Å²) in [5.41, 5.74) is 5.51. The number of hydrogen-bond acceptors (Lipinski definition) is 5. The summed E-state index contributed by atoms with van der Waals surface area (Å²) in [5.74, 6) is 1.77. The molecule has 3 N–H and O–H groups in total. The van der Waals surface area contributed by atoms with Gasteiger partial charge >= 0.3 is 0 Å². The van der Waals surface area contributed by atoms with Crippen molar-refractivity contribution >= 4 is 17.6 Å². The van der Waals surface area contributed by atoms with Crippen molar-refractivity contribution in [3.8, 4) is 0 Å². The summed E-state index contributed by atoms with van der Waals surface area (Å²) in [6.45, 7) is 5.51. The van der Waals surface area contributed by atoms with Crippen LogP contribution >= 0.6 is 0 Å². The molecule has 1 unspecified atom stereocenters. The van der Waals surface area contributed by atoms with Gasteiger partial charge in [-0.25, -0.2) is 4.98 Å². The Morgan fingerprint density at radius 3 is 2.67 bits per heavy atom. The van der Waals surface area contributed by atoms with E-state index in [4.69, 9.17) is 11.1 Å². The van der Waals surface area contributed by atoms with Gasteiger partial charge in [-0.1, -0.05) is 6.92 Å². The quantitative estimate of drug-likeness (QED) is 0.580.